The highest BCUT2D eigenvalue weighted by molar-refractivity contribution is 5.91. The van der Waals surface area contributed by atoms with Crippen LogP contribution >= 0.6 is 0 Å². The van der Waals surface area contributed by atoms with Crippen molar-refractivity contribution in [1.29, 1.82) is 0 Å². The molecule has 0 spiro atoms. The Morgan fingerprint density at radius 2 is 1.56 bits per heavy atom. The van der Waals surface area contributed by atoms with E-state index in [1.54, 1.807) is 23.1 Å². The minimum absolute atomic E-state index is 0.0681. The van der Waals surface area contributed by atoms with E-state index in [4.69, 9.17) is 4.42 Å². The highest BCUT2D eigenvalue weighted by Crippen LogP contribution is 2.23. The largest absolute Gasteiger partial charge is 0.459 e. The number of piperazine rings is 1. The number of fused-ring (bicyclic) bond motifs is 1. The van der Waals surface area contributed by atoms with Crippen LogP contribution in [-0.4, -0.2) is 77.9 Å². The van der Waals surface area contributed by atoms with Crippen LogP contribution in [-0.2, 0) is 9.59 Å². The van der Waals surface area contributed by atoms with Crippen molar-refractivity contribution in [3.05, 3.63) is 59.1 Å². The maximum absolute atomic E-state index is 13.0. The summed E-state index contributed by atoms with van der Waals surface area (Å²) >= 11 is 0. The average molecular weight is 435 g/mol. The lowest BCUT2D eigenvalue weighted by molar-refractivity contribution is -0.139. The minimum Gasteiger partial charge on any atom is -0.459 e. The predicted molar refractivity (Wildman–Crippen MR) is 113 cm³/mol. The molecular weight excluding hydrogens is 410 g/mol. The van der Waals surface area contributed by atoms with E-state index in [1.165, 1.54) is 6.26 Å². The molecule has 32 heavy (non-hydrogen) atoms. The second-order valence-corrected chi connectivity index (χ2v) is 8.35. The number of piperidine rings is 1. The van der Waals surface area contributed by atoms with Gasteiger partial charge in [-0.2, -0.15) is 0 Å². The van der Waals surface area contributed by atoms with Gasteiger partial charge in [-0.15, -0.1) is 0 Å². The monoisotopic (exact) mass is 435 g/mol. The lowest BCUT2D eigenvalue weighted by atomic mass is 9.94. The summed E-state index contributed by atoms with van der Waals surface area (Å²) in [6.07, 6.45) is 2.26. The fourth-order valence-electron chi connectivity index (χ4n) is 4.60. The first-order valence-corrected chi connectivity index (χ1v) is 11.0. The van der Waals surface area contributed by atoms with Crippen molar-refractivity contribution in [1.82, 2.24) is 14.7 Å². The average Bonchev–Trinajstić information content (AvgIpc) is 3.38. The van der Waals surface area contributed by atoms with Crippen LogP contribution in [0.25, 0.3) is 0 Å². The Balaban J connectivity index is 1.15. The van der Waals surface area contributed by atoms with Gasteiger partial charge in [-0.1, -0.05) is 12.1 Å². The van der Waals surface area contributed by atoms with E-state index in [0.29, 0.717) is 63.2 Å². The van der Waals surface area contributed by atoms with Gasteiger partial charge >= 0.3 is 0 Å². The molecule has 2 aromatic rings. The van der Waals surface area contributed by atoms with Crippen LogP contribution in [0.15, 0.2) is 57.1 Å². The molecule has 2 saturated heterocycles. The van der Waals surface area contributed by atoms with Gasteiger partial charge in [0.05, 0.1) is 17.0 Å². The van der Waals surface area contributed by atoms with Crippen molar-refractivity contribution in [2.45, 2.75) is 19.0 Å². The molecule has 5 rings (SSSR count). The molecule has 0 aliphatic carbocycles. The Morgan fingerprint density at radius 1 is 0.875 bits per heavy atom. The van der Waals surface area contributed by atoms with Crippen LogP contribution in [0.4, 0.5) is 0 Å². The zero-order valence-electron chi connectivity index (χ0n) is 17.7. The quantitative estimate of drug-likeness (QED) is 0.680. The van der Waals surface area contributed by atoms with Crippen molar-refractivity contribution in [3.8, 4) is 0 Å². The van der Waals surface area contributed by atoms with Crippen LogP contribution < -0.4 is 10.7 Å². The summed E-state index contributed by atoms with van der Waals surface area (Å²) in [5.41, 5.74) is 0. The van der Waals surface area contributed by atoms with Gasteiger partial charge in [0.1, 0.15) is 0 Å². The van der Waals surface area contributed by atoms with E-state index in [2.05, 4.69) is 9.98 Å². The Morgan fingerprint density at radius 3 is 2.25 bits per heavy atom. The molecule has 1 atom stereocenters. The number of para-hydroxylation sites is 2. The normalized spacial score (nSPS) is 22.1. The molecule has 3 amide bonds. The lowest BCUT2D eigenvalue weighted by Gasteiger charge is -2.39. The van der Waals surface area contributed by atoms with E-state index in [0.717, 1.165) is 5.36 Å². The van der Waals surface area contributed by atoms with Crippen LogP contribution in [0.2, 0.25) is 0 Å². The van der Waals surface area contributed by atoms with E-state index in [-0.39, 0.29) is 23.6 Å². The van der Waals surface area contributed by atoms with Crippen molar-refractivity contribution in [2.24, 2.45) is 15.9 Å². The highest BCUT2D eigenvalue weighted by atomic mass is 16.3. The summed E-state index contributed by atoms with van der Waals surface area (Å²) in [5, 5.41) is 1.35. The van der Waals surface area contributed by atoms with Gasteiger partial charge in [0.25, 0.3) is 11.8 Å². The van der Waals surface area contributed by atoms with E-state index >= 15 is 0 Å². The molecule has 166 valence electrons. The molecule has 1 aromatic carbocycles. The first-order valence-electron chi connectivity index (χ1n) is 11.0. The number of carbonyl (C=O) groups excluding carboxylic acids is 3. The van der Waals surface area contributed by atoms with Gasteiger partial charge in [0.15, 0.2) is 11.9 Å². The first-order chi connectivity index (χ1) is 15.6. The fourth-order valence-corrected chi connectivity index (χ4v) is 4.60. The predicted octanol–water partition coefficient (Wildman–Crippen LogP) is 0.0817. The van der Waals surface area contributed by atoms with Crippen LogP contribution in [0.3, 0.4) is 0 Å². The van der Waals surface area contributed by atoms with Gasteiger partial charge in [-0.05, 0) is 37.1 Å². The van der Waals surface area contributed by atoms with Crippen molar-refractivity contribution in [3.63, 3.8) is 0 Å². The zero-order valence-corrected chi connectivity index (χ0v) is 17.7. The molecule has 1 aromatic heterocycles. The maximum atomic E-state index is 13.0. The van der Waals surface area contributed by atoms with Gasteiger partial charge in [0.2, 0.25) is 5.91 Å². The summed E-state index contributed by atoms with van der Waals surface area (Å²) in [6, 6.07) is 10.7. The van der Waals surface area contributed by atoms with Gasteiger partial charge in [-0.25, -0.2) is 4.99 Å². The number of carbonyl (C=O) groups is 3. The van der Waals surface area contributed by atoms with Gasteiger partial charge < -0.3 is 14.2 Å². The fraction of sp³-hybridized carbons (Fsp3) is 0.435. The number of likely N-dealkylation sites (tertiary alicyclic amines) is 1. The number of furan rings is 1. The standard InChI is InChI=1S/C23H25N5O4/c29-21-20(24-17-4-1-2-5-18(17)25-21)26-9-7-16(8-10-26)22(30)27-11-13-28(14-12-27)23(31)19-6-3-15-32-19/h1-6,15-16,20H,7-14H2. The molecule has 9 nitrogen and oxygen atoms in total. The smallest absolute Gasteiger partial charge is 0.289 e. The summed E-state index contributed by atoms with van der Waals surface area (Å²) in [4.78, 5) is 52.3. The first kappa shape index (κ1) is 20.6. The zero-order chi connectivity index (χ0) is 22.1. The van der Waals surface area contributed by atoms with Crippen LogP contribution in [0.1, 0.15) is 23.4 Å². The van der Waals surface area contributed by atoms with Gasteiger partial charge in [-0.3, -0.25) is 24.3 Å². The summed E-state index contributed by atoms with van der Waals surface area (Å²) in [5.74, 6) is 0.0153. The Bertz CT molecular complexity index is 1130. The van der Waals surface area contributed by atoms with Crippen molar-refractivity contribution >= 4 is 17.7 Å². The van der Waals surface area contributed by atoms with E-state index < -0.39 is 6.17 Å². The molecule has 1 unspecified atom stereocenters. The second-order valence-electron chi connectivity index (χ2n) is 8.35. The topological polar surface area (TPSA) is 98.8 Å². The second kappa shape index (κ2) is 8.66. The van der Waals surface area contributed by atoms with Crippen LogP contribution in [0, 0.1) is 5.92 Å². The molecule has 9 heteroatoms. The summed E-state index contributed by atoms with van der Waals surface area (Å²) < 4.78 is 5.19. The maximum Gasteiger partial charge on any atom is 0.289 e. The van der Waals surface area contributed by atoms with Crippen LogP contribution in [0.5, 0.6) is 0 Å². The van der Waals surface area contributed by atoms with E-state index in [1.807, 2.05) is 28.0 Å². The van der Waals surface area contributed by atoms with Gasteiger partial charge in [0, 0.05) is 45.2 Å². The van der Waals surface area contributed by atoms with Crippen molar-refractivity contribution < 1.29 is 18.8 Å². The molecule has 3 aliphatic rings. The number of rotatable bonds is 3. The van der Waals surface area contributed by atoms with Crippen molar-refractivity contribution in [2.75, 3.05) is 39.3 Å². The molecular formula is C23H25N5O4. The Labute approximate surface area is 185 Å². The molecule has 2 fully saturated rings. The summed E-state index contributed by atoms with van der Waals surface area (Å²) in [6.45, 7) is 3.31. The molecule has 0 N–H and O–H groups in total. The lowest BCUT2D eigenvalue weighted by Crippen LogP contribution is -2.54. The van der Waals surface area contributed by atoms with E-state index in [9.17, 15) is 14.4 Å². The third-order valence-electron chi connectivity index (χ3n) is 6.43. The molecule has 4 heterocycles. The highest BCUT2D eigenvalue weighted by Gasteiger charge is 2.35. The molecule has 3 aliphatic heterocycles. The molecule has 0 bridgehead atoms. The number of nitrogens with zero attached hydrogens (tertiary/aromatic N) is 5. The number of amides is 3. The number of hydrogen-bond donors (Lipinski definition) is 0. The summed E-state index contributed by atoms with van der Waals surface area (Å²) in [7, 11) is 0. The third kappa shape index (κ3) is 3.95. The number of benzene rings is 1. The molecule has 0 radical (unpaired) electrons. The Hall–Kier alpha value is -3.33. The number of hydrogen-bond acceptors (Lipinski definition) is 6. The minimum atomic E-state index is -0.600. The third-order valence-corrected chi connectivity index (χ3v) is 6.43. The molecule has 0 saturated carbocycles. The Kier molecular flexibility index (Phi) is 5.57. The SMILES string of the molecule is O=C1N=c2ccccc2=NC1N1CCC(C(=O)N2CCN(C(=O)c3ccco3)CC2)CC1.